The van der Waals surface area contributed by atoms with E-state index in [0.717, 1.165) is 31.7 Å². The third kappa shape index (κ3) is 3.94. The van der Waals surface area contributed by atoms with Gasteiger partial charge in [0.1, 0.15) is 23.6 Å². The fourth-order valence-electron chi connectivity index (χ4n) is 3.16. The summed E-state index contributed by atoms with van der Waals surface area (Å²) in [7, 11) is -4.10. The summed E-state index contributed by atoms with van der Waals surface area (Å²) >= 11 is 1.44. The van der Waals surface area contributed by atoms with Crippen molar-refractivity contribution < 1.29 is 21.9 Å². The lowest BCUT2D eigenvalue weighted by Crippen LogP contribution is -2.34. The minimum absolute atomic E-state index is 0.0250. The van der Waals surface area contributed by atoms with Crippen LogP contribution in [-0.2, 0) is 10.2 Å². The lowest BCUT2D eigenvalue weighted by atomic mass is 10.1. The lowest BCUT2D eigenvalue weighted by Gasteiger charge is -2.18. The van der Waals surface area contributed by atoms with Gasteiger partial charge in [0.2, 0.25) is 0 Å². The third-order valence-corrected chi connectivity index (χ3v) is 7.00. The van der Waals surface area contributed by atoms with E-state index in [0.29, 0.717) is 0 Å². The molecule has 1 saturated heterocycles. The molecule has 1 fully saturated rings. The normalized spacial score (nSPS) is 17.2. The molecule has 30 heavy (non-hydrogen) atoms. The van der Waals surface area contributed by atoms with Gasteiger partial charge in [-0.25, -0.2) is 13.8 Å². The van der Waals surface area contributed by atoms with Gasteiger partial charge in [-0.1, -0.05) is 0 Å². The second kappa shape index (κ2) is 7.79. The number of hydrogen-bond acceptors (Lipinski definition) is 6. The van der Waals surface area contributed by atoms with E-state index in [9.17, 15) is 22.5 Å². The van der Waals surface area contributed by atoms with E-state index in [1.807, 2.05) is 6.92 Å². The van der Waals surface area contributed by atoms with Crippen LogP contribution in [0.4, 0.5) is 14.5 Å². The Bertz CT molecular complexity index is 1270. The van der Waals surface area contributed by atoms with Crippen molar-refractivity contribution in [2.45, 2.75) is 19.5 Å². The van der Waals surface area contributed by atoms with Gasteiger partial charge in [-0.3, -0.25) is 4.72 Å². The van der Waals surface area contributed by atoms with Crippen LogP contribution in [-0.4, -0.2) is 37.0 Å². The molecule has 156 valence electrons. The topological polar surface area (TPSA) is 95.3 Å². The number of alkyl halides is 1. The van der Waals surface area contributed by atoms with Gasteiger partial charge in [-0.15, -0.1) is 11.3 Å². The number of halogens is 2. The molecule has 2 heterocycles. The number of fused-ring (bicyclic) bond motifs is 1. The molecule has 0 radical (unpaired) electrons. The van der Waals surface area contributed by atoms with E-state index in [1.165, 1.54) is 11.3 Å². The summed E-state index contributed by atoms with van der Waals surface area (Å²) in [6.07, 6.45) is -1.14. The lowest BCUT2D eigenvalue weighted by molar-refractivity contribution is 0.343. The molecule has 1 N–H and O–H groups in total. The molecule has 0 bridgehead atoms. The second-order valence-corrected chi connectivity index (χ2v) is 9.63. The zero-order valence-electron chi connectivity index (χ0n) is 15.7. The van der Waals surface area contributed by atoms with Crippen molar-refractivity contribution in [3.8, 4) is 17.6 Å². The molecule has 0 saturated carbocycles. The fraction of sp³-hybridized carbons (Fsp3) is 0.263. The standard InChI is InChI=1S/C19H16F2N4O3S2/c1-11-23-17-4-2-13(8-18(17)29-11)28-19-14(9-22)16(5-3-15(19)21)24-30(26,27)25-7-6-12(20)10-25/h2-5,8,12,24H,6-7,10H2,1H3/t12-/m0/s1. The van der Waals surface area contributed by atoms with Gasteiger partial charge in [0.15, 0.2) is 11.6 Å². The third-order valence-electron chi connectivity index (χ3n) is 4.58. The molecular formula is C19H16F2N4O3S2. The molecule has 1 aromatic heterocycles. The minimum Gasteiger partial charge on any atom is -0.453 e. The minimum atomic E-state index is -4.10. The highest BCUT2D eigenvalue weighted by Crippen LogP contribution is 2.35. The Hall–Kier alpha value is -2.81. The van der Waals surface area contributed by atoms with Crippen molar-refractivity contribution in [1.29, 1.82) is 5.26 Å². The van der Waals surface area contributed by atoms with Crippen LogP contribution in [0.2, 0.25) is 0 Å². The molecule has 0 unspecified atom stereocenters. The highest BCUT2D eigenvalue weighted by molar-refractivity contribution is 7.90. The number of thiazole rings is 1. The maximum Gasteiger partial charge on any atom is 0.301 e. The summed E-state index contributed by atoms with van der Waals surface area (Å²) in [6, 6.07) is 8.91. The molecule has 0 amide bonds. The summed E-state index contributed by atoms with van der Waals surface area (Å²) in [4.78, 5) is 4.34. The number of rotatable bonds is 5. The quantitative estimate of drug-likeness (QED) is 0.631. The summed E-state index contributed by atoms with van der Waals surface area (Å²) in [5.74, 6) is -0.940. The Morgan fingerprint density at radius 3 is 2.87 bits per heavy atom. The number of anilines is 1. The predicted octanol–water partition coefficient (Wildman–Crippen LogP) is 4.11. The van der Waals surface area contributed by atoms with E-state index < -0.39 is 27.9 Å². The van der Waals surface area contributed by atoms with Gasteiger partial charge in [-0.05, 0) is 37.6 Å². The molecular weight excluding hydrogens is 434 g/mol. The van der Waals surface area contributed by atoms with E-state index in [-0.39, 0.29) is 36.5 Å². The van der Waals surface area contributed by atoms with Gasteiger partial charge in [0, 0.05) is 19.2 Å². The summed E-state index contributed by atoms with van der Waals surface area (Å²) < 4.78 is 62.6. The molecule has 7 nitrogen and oxygen atoms in total. The number of nitriles is 1. The average Bonchev–Trinajstić information content (AvgIpc) is 3.29. The van der Waals surface area contributed by atoms with Crippen LogP contribution in [0.25, 0.3) is 10.2 Å². The monoisotopic (exact) mass is 450 g/mol. The van der Waals surface area contributed by atoms with E-state index in [1.54, 1.807) is 24.3 Å². The van der Waals surface area contributed by atoms with Crippen LogP contribution in [0.15, 0.2) is 30.3 Å². The molecule has 1 atom stereocenters. The highest BCUT2D eigenvalue weighted by Gasteiger charge is 2.32. The molecule has 1 aliphatic heterocycles. The number of aromatic nitrogens is 1. The van der Waals surface area contributed by atoms with E-state index >= 15 is 0 Å². The molecule has 4 rings (SSSR count). The molecule has 0 aliphatic carbocycles. The number of aryl methyl sites for hydroxylation is 1. The van der Waals surface area contributed by atoms with Gasteiger partial charge in [0.05, 0.1) is 20.9 Å². The number of ether oxygens (including phenoxy) is 1. The van der Waals surface area contributed by atoms with Gasteiger partial charge < -0.3 is 4.74 Å². The summed E-state index contributed by atoms with van der Waals surface area (Å²) in [5, 5.41) is 10.4. The van der Waals surface area contributed by atoms with Crippen molar-refractivity contribution >= 4 is 37.5 Å². The van der Waals surface area contributed by atoms with Crippen LogP contribution in [0, 0.1) is 24.1 Å². The maximum atomic E-state index is 14.5. The molecule has 0 spiro atoms. The Labute approximate surface area is 175 Å². The first-order valence-electron chi connectivity index (χ1n) is 8.96. The van der Waals surface area contributed by atoms with Gasteiger partial charge >= 0.3 is 10.2 Å². The van der Waals surface area contributed by atoms with E-state index in [4.69, 9.17) is 4.74 Å². The first kappa shape index (κ1) is 20.5. The van der Waals surface area contributed by atoms with Crippen LogP contribution >= 0.6 is 11.3 Å². The van der Waals surface area contributed by atoms with Crippen molar-refractivity contribution in [2.24, 2.45) is 0 Å². The molecule has 2 aromatic carbocycles. The van der Waals surface area contributed by atoms with Crippen LogP contribution < -0.4 is 9.46 Å². The Morgan fingerprint density at radius 2 is 2.17 bits per heavy atom. The van der Waals surface area contributed by atoms with Crippen LogP contribution in [0.3, 0.4) is 0 Å². The summed E-state index contributed by atoms with van der Waals surface area (Å²) in [6.45, 7) is 1.62. The zero-order chi connectivity index (χ0) is 21.5. The number of benzene rings is 2. The van der Waals surface area contributed by atoms with Crippen LogP contribution in [0.1, 0.15) is 17.0 Å². The van der Waals surface area contributed by atoms with Crippen molar-refractivity contribution in [2.75, 3.05) is 17.8 Å². The Kier molecular flexibility index (Phi) is 5.31. The molecule has 1 aliphatic rings. The largest absolute Gasteiger partial charge is 0.453 e. The van der Waals surface area contributed by atoms with Gasteiger partial charge in [-0.2, -0.15) is 18.0 Å². The van der Waals surface area contributed by atoms with Crippen molar-refractivity contribution in [3.63, 3.8) is 0 Å². The fourth-order valence-corrected chi connectivity index (χ4v) is 5.30. The second-order valence-electron chi connectivity index (χ2n) is 6.73. The van der Waals surface area contributed by atoms with Crippen molar-refractivity contribution in [1.82, 2.24) is 9.29 Å². The van der Waals surface area contributed by atoms with Gasteiger partial charge in [0.25, 0.3) is 0 Å². The van der Waals surface area contributed by atoms with E-state index in [2.05, 4.69) is 9.71 Å². The zero-order valence-corrected chi connectivity index (χ0v) is 17.4. The Balaban J connectivity index is 1.67. The first-order chi connectivity index (χ1) is 14.3. The number of nitrogens with zero attached hydrogens (tertiary/aromatic N) is 3. The SMILES string of the molecule is Cc1nc2ccc(Oc3c(F)ccc(NS(=O)(=O)N4CC[C@H](F)C4)c3C#N)cc2s1. The number of hydrogen-bond donors (Lipinski definition) is 1. The average molecular weight is 450 g/mol. The molecule has 3 aromatic rings. The maximum absolute atomic E-state index is 14.5. The summed E-state index contributed by atoms with van der Waals surface area (Å²) in [5.41, 5.74) is 0.310. The van der Waals surface area contributed by atoms with Crippen LogP contribution in [0.5, 0.6) is 11.5 Å². The number of nitrogens with one attached hydrogen (secondary N) is 1. The molecule has 11 heteroatoms. The predicted molar refractivity (Wildman–Crippen MR) is 109 cm³/mol. The highest BCUT2D eigenvalue weighted by atomic mass is 32.2. The Morgan fingerprint density at radius 1 is 1.37 bits per heavy atom. The smallest absolute Gasteiger partial charge is 0.301 e. The van der Waals surface area contributed by atoms with Crippen molar-refractivity contribution in [3.05, 3.63) is 46.7 Å². The first-order valence-corrected chi connectivity index (χ1v) is 11.2.